The second-order valence-corrected chi connectivity index (χ2v) is 8.86. The number of hydrogen-bond acceptors (Lipinski definition) is 2. The first-order valence-corrected chi connectivity index (χ1v) is 9.31. The van der Waals surface area contributed by atoms with Gasteiger partial charge >= 0.3 is 0 Å². The summed E-state index contributed by atoms with van der Waals surface area (Å²) in [4.78, 5) is 0. The van der Waals surface area contributed by atoms with Gasteiger partial charge in [0.05, 0.1) is 0 Å². The van der Waals surface area contributed by atoms with Crippen molar-refractivity contribution in [3.05, 3.63) is 0 Å². The van der Waals surface area contributed by atoms with Crippen LogP contribution in [0.5, 0.6) is 0 Å². The van der Waals surface area contributed by atoms with E-state index in [1.807, 2.05) is 0 Å². The average Bonchev–Trinajstić information content (AvgIpc) is 2.35. The van der Waals surface area contributed by atoms with Gasteiger partial charge in [0.2, 0.25) is 0 Å². The number of thioether (sulfide) groups is 1. The third kappa shape index (κ3) is 5.67. The Morgan fingerprint density at radius 2 is 1.84 bits per heavy atom. The van der Waals surface area contributed by atoms with Gasteiger partial charge in [0.25, 0.3) is 0 Å². The Kier molecular flexibility index (Phi) is 7.24. The van der Waals surface area contributed by atoms with Crippen LogP contribution in [-0.4, -0.2) is 25.1 Å². The summed E-state index contributed by atoms with van der Waals surface area (Å²) in [6.45, 7) is 10.7. The summed E-state index contributed by atoms with van der Waals surface area (Å²) in [6.07, 6.45) is 8.58. The molecular weight excluding hydrogens is 250 g/mol. The minimum Gasteiger partial charge on any atom is -0.319 e. The Bertz CT molecular complexity index is 236. The molecule has 0 aromatic carbocycles. The Morgan fingerprint density at radius 3 is 2.32 bits per heavy atom. The van der Waals surface area contributed by atoms with Gasteiger partial charge in [-0.1, -0.05) is 27.7 Å². The van der Waals surface area contributed by atoms with Crippen LogP contribution in [0.3, 0.4) is 0 Å². The van der Waals surface area contributed by atoms with Crippen LogP contribution in [-0.2, 0) is 0 Å². The first kappa shape index (κ1) is 17.4. The van der Waals surface area contributed by atoms with E-state index in [9.17, 15) is 0 Å². The fourth-order valence-electron chi connectivity index (χ4n) is 3.68. The van der Waals surface area contributed by atoms with E-state index in [4.69, 9.17) is 0 Å². The maximum atomic E-state index is 3.47. The van der Waals surface area contributed by atoms with Crippen LogP contribution in [0.4, 0.5) is 0 Å². The Hall–Kier alpha value is 0.310. The van der Waals surface area contributed by atoms with Crippen molar-refractivity contribution >= 4 is 11.8 Å². The summed E-state index contributed by atoms with van der Waals surface area (Å²) in [5, 5.41) is 3.47. The van der Waals surface area contributed by atoms with Crippen molar-refractivity contribution in [1.82, 2.24) is 5.32 Å². The van der Waals surface area contributed by atoms with Crippen molar-refractivity contribution in [1.29, 1.82) is 0 Å². The van der Waals surface area contributed by atoms with Crippen molar-refractivity contribution in [2.75, 3.05) is 25.1 Å². The van der Waals surface area contributed by atoms with Gasteiger partial charge in [-0.05, 0) is 73.8 Å². The fraction of sp³-hybridized carbons (Fsp3) is 1.00. The second kappa shape index (κ2) is 7.93. The smallest absolute Gasteiger partial charge is 0.000481 e. The number of hydrogen-bond donors (Lipinski definition) is 1. The maximum absolute atomic E-state index is 3.47. The Balaban J connectivity index is 2.46. The van der Waals surface area contributed by atoms with Crippen molar-refractivity contribution in [2.45, 2.75) is 66.2 Å². The van der Waals surface area contributed by atoms with Crippen LogP contribution in [0.25, 0.3) is 0 Å². The van der Waals surface area contributed by atoms with Crippen molar-refractivity contribution in [3.63, 3.8) is 0 Å². The summed E-state index contributed by atoms with van der Waals surface area (Å²) >= 11 is 2.10. The summed E-state index contributed by atoms with van der Waals surface area (Å²) < 4.78 is 0. The average molecular weight is 286 g/mol. The summed E-state index contributed by atoms with van der Waals surface area (Å²) in [5.41, 5.74) is 1.11. The molecule has 1 saturated carbocycles. The highest BCUT2D eigenvalue weighted by molar-refractivity contribution is 7.99. The Morgan fingerprint density at radius 1 is 1.21 bits per heavy atom. The third-order valence-electron chi connectivity index (χ3n) is 5.02. The van der Waals surface area contributed by atoms with Crippen LogP contribution in [0.1, 0.15) is 66.2 Å². The minimum absolute atomic E-state index is 0.504. The van der Waals surface area contributed by atoms with Crippen LogP contribution < -0.4 is 5.32 Å². The lowest BCUT2D eigenvalue weighted by Gasteiger charge is -2.44. The number of nitrogens with one attached hydrogen (secondary N) is 1. The molecular formula is C17H35NS. The predicted octanol–water partition coefficient (Wildman–Crippen LogP) is 4.96. The van der Waals surface area contributed by atoms with E-state index in [1.165, 1.54) is 56.6 Å². The lowest BCUT2D eigenvalue weighted by molar-refractivity contribution is 0.0808. The van der Waals surface area contributed by atoms with Gasteiger partial charge in [0, 0.05) is 6.54 Å². The fourth-order valence-corrected chi connectivity index (χ4v) is 4.32. The van der Waals surface area contributed by atoms with Gasteiger partial charge in [-0.3, -0.25) is 0 Å². The molecule has 1 aliphatic rings. The molecule has 0 aromatic heterocycles. The van der Waals surface area contributed by atoms with E-state index in [1.54, 1.807) is 0 Å². The van der Waals surface area contributed by atoms with E-state index >= 15 is 0 Å². The zero-order valence-corrected chi connectivity index (χ0v) is 14.7. The van der Waals surface area contributed by atoms with Gasteiger partial charge in [0.1, 0.15) is 0 Å². The van der Waals surface area contributed by atoms with Crippen LogP contribution in [0.2, 0.25) is 0 Å². The largest absolute Gasteiger partial charge is 0.319 e. The van der Waals surface area contributed by atoms with Gasteiger partial charge in [-0.25, -0.2) is 0 Å². The molecule has 1 fully saturated rings. The minimum atomic E-state index is 0.504. The zero-order valence-electron chi connectivity index (χ0n) is 13.8. The molecule has 0 bridgehead atoms. The molecule has 1 rings (SSSR count). The van der Waals surface area contributed by atoms with E-state index in [0.717, 1.165) is 5.92 Å². The molecule has 19 heavy (non-hydrogen) atoms. The summed E-state index contributed by atoms with van der Waals surface area (Å²) in [5.74, 6) is 3.55. The topological polar surface area (TPSA) is 12.0 Å². The van der Waals surface area contributed by atoms with E-state index in [2.05, 4.69) is 51.8 Å². The van der Waals surface area contributed by atoms with Crippen LogP contribution in [0, 0.1) is 16.7 Å². The lowest BCUT2D eigenvalue weighted by Crippen LogP contribution is -2.39. The molecule has 0 saturated heterocycles. The third-order valence-corrected chi connectivity index (χ3v) is 6.01. The van der Waals surface area contributed by atoms with E-state index in [-0.39, 0.29) is 0 Å². The quantitative estimate of drug-likeness (QED) is 0.663. The summed E-state index contributed by atoms with van der Waals surface area (Å²) in [7, 11) is 2.12. The van der Waals surface area contributed by atoms with Crippen molar-refractivity contribution < 1.29 is 0 Å². The summed E-state index contributed by atoms with van der Waals surface area (Å²) in [6, 6.07) is 0. The zero-order chi connectivity index (χ0) is 14.4. The highest BCUT2D eigenvalue weighted by Gasteiger charge is 2.37. The van der Waals surface area contributed by atoms with Crippen molar-refractivity contribution in [3.8, 4) is 0 Å². The number of rotatable bonds is 7. The molecule has 0 atom stereocenters. The normalized spacial score (nSPS) is 28.6. The highest BCUT2D eigenvalue weighted by atomic mass is 32.2. The Labute approximate surface area is 125 Å². The molecule has 0 heterocycles. The predicted molar refractivity (Wildman–Crippen MR) is 90.0 cm³/mol. The molecule has 114 valence electrons. The monoisotopic (exact) mass is 285 g/mol. The van der Waals surface area contributed by atoms with Gasteiger partial charge in [-0.2, -0.15) is 11.8 Å². The molecule has 0 amide bonds. The molecule has 2 heteroatoms. The van der Waals surface area contributed by atoms with E-state index < -0.39 is 0 Å². The van der Waals surface area contributed by atoms with E-state index in [0.29, 0.717) is 10.8 Å². The van der Waals surface area contributed by atoms with Crippen molar-refractivity contribution in [2.24, 2.45) is 16.7 Å². The molecule has 1 aliphatic carbocycles. The lowest BCUT2D eigenvalue weighted by atomic mass is 9.62. The SMILES string of the molecule is CCSCCCC1(CNC)CCC(C(C)(C)C)CC1. The first-order chi connectivity index (χ1) is 8.93. The molecule has 1 nitrogen and oxygen atoms in total. The standard InChI is InChI=1S/C17H35NS/c1-6-19-13-7-10-17(14-18-5)11-8-15(9-12-17)16(2,3)4/h15,18H,6-14H2,1-5H3. The first-order valence-electron chi connectivity index (χ1n) is 8.16. The highest BCUT2D eigenvalue weighted by Crippen LogP contribution is 2.47. The molecule has 0 aromatic rings. The second-order valence-electron chi connectivity index (χ2n) is 7.47. The van der Waals surface area contributed by atoms with Crippen LogP contribution >= 0.6 is 11.8 Å². The molecule has 0 radical (unpaired) electrons. The van der Waals surface area contributed by atoms with Gasteiger partial charge < -0.3 is 5.32 Å². The van der Waals surface area contributed by atoms with Gasteiger partial charge in [0.15, 0.2) is 0 Å². The van der Waals surface area contributed by atoms with Crippen LogP contribution in [0.15, 0.2) is 0 Å². The maximum Gasteiger partial charge on any atom is 0.000481 e. The van der Waals surface area contributed by atoms with Gasteiger partial charge in [-0.15, -0.1) is 0 Å². The molecule has 0 unspecified atom stereocenters. The molecule has 1 N–H and O–H groups in total. The molecule has 0 spiro atoms. The molecule has 0 aliphatic heterocycles.